The molecule has 0 aromatic heterocycles. The average molecular weight is 341 g/mol. The lowest BCUT2D eigenvalue weighted by Crippen LogP contribution is -2.14. The van der Waals surface area contributed by atoms with Crippen LogP contribution >= 0.6 is 0 Å². The van der Waals surface area contributed by atoms with Gasteiger partial charge >= 0.3 is 6.18 Å². The van der Waals surface area contributed by atoms with E-state index in [0.717, 1.165) is 19.2 Å². The summed E-state index contributed by atoms with van der Waals surface area (Å²) in [5, 5.41) is 12.2. The molecule has 0 heterocycles. The predicted octanol–water partition coefficient (Wildman–Crippen LogP) is 3.68. The van der Waals surface area contributed by atoms with Gasteiger partial charge in [-0.05, 0) is 30.3 Å². The molecule has 2 N–H and O–H groups in total. The van der Waals surface area contributed by atoms with Crippen molar-refractivity contribution in [2.45, 2.75) is 6.18 Å². The third-order valence-corrected chi connectivity index (χ3v) is 3.23. The largest absolute Gasteiger partial charge is 0.504 e. The van der Waals surface area contributed by atoms with Crippen LogP contribution < -0.4 is 14.8 Å². The molecule has 0 spiro atoms. The first-order valence-corrected chi connectivity index (χ1v) is 6.70. The lowest BCUT2D eigenvalue weighted by atomic mass is 10.1. The molecule has 0 aliphatic carbocycles. The summed E-state index contributed by atoms with van der Waals surface area (Å²) in [5.74, 6) is -1.45. The average Bonchev–Trinajstić information content (AvgIpc) is 2.54. The highest BCUT2D eigenvalue weighted by Gasteiger charge is 2.34. The number of para-hydroxylation sites is 1. The van der Waals surface area contributed by atoms with E-state index in [2.05, 4.69) is 10.1 Å². The van der Waals surface area contributed by atoms with Gasteiger partial charge in [0.25, 0.3) is 5.91 Å². The zero-order valence-electron chi connectivity index (χ0n) is 12.8. The first-order chi connectivity index (χ1) is 11.3. The van der Waals surface area contributed by atoms with Crippen molar-refractivity contribution in [2.24, 2.45) is 0 Å². The SMILES string of the molecule is COc1ccc(NC(=O)c2cccc(OC)c2O)cc1C(F)(F)F. The summed E-state index contributed by atoms with van der Waals surface area (Å²) in [7, 11) is 2.44. The first kappa shape index (κ1) is 17.5. The predicted molar refractivity (Wildman–Crippen MR) is 80.6 cm³/mol. The second-order valence-corrected chi connectivity index (χ2v) is 4.72. The van der Waals surface area contributed by atoms with Gasteiger partial charge in [-0.15, -0.1) is 0 Å². The number of hydrogen-bond acceptors (Lipinski definition) is 4. The number of amides is 1. The Bertz CT molecular complexity index is 759. The second-order valence-electron chi connectivity index (χ2n) is 4.72. The van der Waals surface area contributed by atoms with Crippen LogP contribution in [0.3, 0.4) is 0 Å². The van der Waals surface area contributed by atoms with Crippen molar-refractivity contribution in [3.8, 4) is 17.2 Å². The molecule has 2 rings (SSSR count). The number of aromatic hydroxyl groups is 1. The molecule has 0 aliphatic heterocycles. The molecule has 0 radical (unpaired) electrons. The van der Waals surface area contributed by atoms with Crippen LogP contribution in [0.4, 0.5) is 18.9 Å². The Kier molecular flexibility index (Phi) is 4.87. The van der Waals surface area contributed by atoms with Gasteiger partial charge in [-0.2, -0.15) is 13.2 Å². The van der Waals surface area contributed by atoms with Crippen molar-refractivity contribution in [3.05, 3.63) is 47.5 Å². The van der Waals surface area contributed by atoms with Crippen molar-refractivity contribution in [2.75, 3.05) is 19.5 Å². The van der Waals surface area contributed by atoms with Gasteiger partial charge in [0.1, 0.15) is 5.75 Å². The third-order valence-electron chi connectivity index (χ3n) is 3.23. The van der Waals surface area contributed by atoms with Crippen LogP contribution in [0.1, 0.15) is 15.9 Å². The molecule has 5 nitrogen and oxygen atoms in total. The minimum Gasteiger partial charge on any atom is -0.504 e. The van der Waals surface area contributed by atoms with E-state index in [-0.39, 0.29) is 22.7 Å². The number of ether oxygens (including phenoxy) is 2. The number of alkyl halides is 3. The first-order valence-electron chi connectivity index (χ1n) is 6.70. The van der Waals surface area contributed by atoms with Gasteiger partial charge in [0.15, 0.2) is 11.5 Å². The quantitative estimate of drug-likeness (QED) is 0.890. The monoisotopic (exact) mass is 341 g/mol. The van der Waals surface area contributed by atoms with Gasteiger partial charge in [-0.25, -0.2) is 0 Å². The molecule has 0 aliphatic rings. The summed E-state index contributed by atoms with van der Waals surface area (Å²) in [5.41, 5.74) is -1.23. The topological polar surface area (TPSA) is 67.8 Å². The molecule has 0 atom stereocenters. The number of nitrogens with one attached hydrogen (secondary N) is 1. The summed E-state index contributed by atoms with van der Waals surface area (Å²) in [6, 6.07) is 7.37. The molecule has 0 saturated heterocycles. The van der Waals surface area contributed by atoms with Gasteiger partial charge < -0.3 is 19.9 Å². The minimum atomic E-state index is -4.63. The molecule has 1 amide bonds. The van der Waals surface area contributed by atoms with Crippen LogP contribution in [0.25, 0.3) is 0 Å². The number of benzene rings is 2. The Morgan fingerprint density at radius 2 is 1.75 bits per heavy atom. The molecule has 0 fully saturated rings. The van der Waals surface area contributed by atoms with Gasteiger partial charge in [-0.3, -0.25) is 4.79 Å². The Labute approximate surface area is 135 Å². The molecular weight excluding hydrogens is 327 g/mol. The molecular formula is C16H14F3NO4. The minimum absolute atomic E-state index is 0.0772. The van der Waals surface area contributed by atoms with E-state index >= 15 is 0 Å². The lowest BCUT2D eigenvalue weighted by molar-refractivity contribution is -0.138. The molecule has 0 saturated carbocycles. The van der Waals surface area contributed by atoms with Crippen molar-refractivity contribution in [3.63, 3.8) is 0 Å². The highest BCUT2D eigenvalue weighted by molar-refractivity contribution is 6.06. The molecule has 2 aromatic carbocycles. The molecule has 0 unspecified atom stereocenters. The number of carbonyl (C=O) groups is 1. The normalized spacial score (nSPS) is 11.0. The summed E-state index contributed by atoms with van der Waals surface area (Å²) in [4.78, 5) is 12.2. The Hall–Kier alpha value is -2.90. The van der Waals surface area contributed by atoms with Gasteiger partial charge in [0, 0.05) is 5.69 Å². The van der Waals surface area contributed by atoms with E-state index in [0.29, 0.717) is 0 Å². The fourth-order valence-electron chi connectivity index (χ4n) is 2.08. The van der Waals surface area contributed by atoms with E-state index < -0.39 is 23.4 Å². The Morgan fingerprint density at radius 3 is 2.33 bits per heavy atom. The van der Waals surface area contributed by atoms with Crippen LogP contribution in [-0.4, -0.2) is 25.2 Å². The number of phenols is 1. The molecule has 128 valence electrons. The number of phenolic OH excluding ortho intramolecular Hbond substituents is 1. The fraction of sp³-hybridized carbons (Fsp3) is 0.188. The number of anilines is 1. The highest BCUT2D eigenvalue weighted by atomic mass is 19.4. The standard InChI is InChI=1S/C16H14F3NO4/c1-23-12-7-6-9(8-11(12)16(17,18)19)20-15(22)10-4-3-5-13(24-2)14(10)21/h3-8,21H,1-2H3,(H,20,22). The molecule has 0 bridgehead atoms. The van der Waals surface area contributed by atoms with Crippen molar-refractivity contribution >= 4 is 11.6 Å². The van der Waals surface area contributed by atoms with Crippen LogP contribution in [0.2, 0.25) is 0 Å². The van der Waals surface area contributed by atoms with Crippen LogP contribution in [-0.2, 0) is 6.18 Å². The maximum absolute atomic E-state index is 13.0. The number of carbonyl (C=O) groups excluding carboxylic acids is 1. The molecule has 8 heteroatoms. The maximum atomic E-state index is 13.0. The van der Waals surface area contributed by atoms with Crippen LogP contribution in [0, 0.1) is 0 Å². The maximum Gasteiger partial charge on any atom is 0.420 e. The number of hydrogen-bond donors (Lipinski definition) is 2. The zero-order valence-corrected chi connectivity index (χ0v) is 12.8. The summed E-state index contributed by atoms with van der Waals surface area (Å²) >= 11 is 0. The van der Waals surface area contributed by atoms with Crippen LogP contribution in [0.5, 0.6) is 17.2 Å². The Morgan fingerprint density at radius 1 is 1.08 bits per heavy atom. The van der Waals surface area contributed by atoms with Crippen molar-refractivity contribution in [1.29, 1.82) is 0 Å². The van der Waals surface area contributed by atoms with E-state index in [9.17, 15) is 23.1 Å². The third kappa shape index (κ3) is 3.53. The number of methoxy groups -OCH3 is 2. The van der Waals surface area contributed by atoms with E-state index in [1.54, 1.807) is 0 Å². The van der Waals surface area contributed by atoms with Crippen molar-refractivity contribution < 1.29 is 32.5 Å². The van der Waals surface area contributed by atoms with E-state index in [1.165, 1.54) is 31.4 Å². The van der Waals surface area contributed by atoms with Gasteiger partial charge in [-0.1, -0.05) is 6.07 Å². The summed E-state index contributed by atoms with van der Waals surface area (Å²) in [6.07, 6.45) is -4.63. The number of halogens is 3. The zero-order chi connectivity index (χ0) is 17.9. The summed E-state index contributed by atoms with van der Waals surface area (Å²) in [6.45, 7) is 0. The van der Waals surface area contributed by atoms with Crippen LogP contribution in [0.15, 0.2) is 36.4 Å². The molecule has 24 heavy (non-hydrogen) atoms. The molecule has 2 aromatic rings. The van der Waals surface area contributed by atoms with Gasteiger partial charge in [0.05, 0.1) is 25.3 Å². The Balaban J connectivity index is 2.33. The van der Waals surface area contributed by atoms with E-state index in [4.69, 9.17) is 4.74 Å². The fourth-order valence-corrected chi connectivity index (χ4v) is 2.08. The second kappa shape index (κ2) is 6.69. The smallest absolute Gasteiger partial charge is 0.420 e. The number of rotatable bonds is 4. The van der Waals surface area contributed by atoms with Gasteiger partial charge in [0.2, 0.25) is 0 Å². The lowest BCUT2D eigenvalue weighted by Gasteiger charge is -2.14. The van der Waals surface area contributed by atoms with E-state index in [1.807, 2.05) is 0 Å². The highest BCUT2D eigenvalue weighted by Crippen LogP contribution is 2.38. The summed E-state index contributed by atoms with van der Waals surface area (Å²) < 4.78 is 48.5. The van der Waals surface area contributed by atoms with Crippen molar-refractivity contribution in [1.82, 2.24) is 0 Å².